The number of ether oxygens (including phenoxy) is 1. The van der Waals surface area contributed by atoms with E-state index < -0.39 is 0 Å². The molecule has 112 valence electrons. The van der Waals surface area contributed by atoms with Gasteiger partial charge in [-0.05, 0) is 49.7 Å². The zero-order valence-corrected chi connectivity index (χ0v) is 12.7. The van der Waals surface area contributed by atoms with Crippen LogP contribution in [0.25, 0.3) is 0 Å². The fourth-order valence-corrected chi connectivity index (χ4v) is 5.59. The molecule has 1 spiro atoms. The second kappa shape index (κ2) is 4.57. The van der Waals surface area contributed by atoms with Gasteiger partial charge in [0, 0.05) is 30.0 Å². The zero-order chi connectivity index (χ0) is 13.9. The summed E-state index contributed by atoms with van der Waals surface area (Å²) in [6, 6.07) is 10.4. The molecule has 21 heavy (non-hydrogen) atoms. The van der Waals surface area contributed by atoms with Crippen LogP contribution in [-0.4, -0.2) is 24.8 Å². The molecular weight excluding hydrogens is 258 g/mol. The number of aryl methyl sites for hydroxylation is 1. The Balaban J connectivity index is 1.32. The summed E-state index contributed by atoms with van der Waals surface area (Å²) in [6.07, 6.45) is 9.87. The van der Waals surface area contributed by atoms with Crippen LogP contribution in [0.1, 0.15) is 43.2 Å². The minimum absolute atomic E-state index is 0.526. The van der Waals surface area contributed by atoms with Gasteiger partial charge in [-0.15, -0.1) is 0 Å². The molecule has 3 fully saturated rings. The molecule has 5 rings (SSSR count). The Kier molecular flexibility index (Phi) is 2.75. The number of fused-ring (bicyclic) bond motifs is 3. The van der Waals surface area contributed by atoms with Crippen LogP contribution in [0.15, 0.2) is 24.3 Å². The van der Waals surface area contributed by atoms with Crippen molar-refractivity contribution in [2.45, 2.75) is 63.1 Å². The molecule has 1 aromatic carbocycles. The molecule has 0 unspecified atom stereocenters. The van der Waals surface area contributed by atoms with Gasteiger partial charge in [-0.1, -0.05) is 30.7 Å². The number of benzene rings is 1. The average Bonchev–Trinajstić information content (AvgIpc) is 2.88. The molecule has 1 aliphatic heterocycles. The van der Waals surface area contributed by atoms with Crippen LogP contribution < -0.4 is 5.32 Å². The zero-order valence-electron chi connectivity index (χ0n) is 12.7. The van der Waals surface area contributed by atoms with E-state index in [0.717, 1.165) is 18.6 Å². The number of hydrogen-bond acceptors (Lipinski definition) is 2. The first-order chi connectivity index (χ1) is 10.4. The van der Waals surface area contributed by atoms with Crippen LogP contribution >= 0.6 is 0 Å². The fraction of sp³-hybridized carbons (Fsp3) is 0.684. The van der Waals surface area contributed by atoms with E-state index in [9.17, 15) is 0 Å². The van der Waals surface area contributed by atoms with Crippen molar-refractivity contribution in [2.24, 2.45) is 11.3 Å². The topological polar surface area (TPSA) is 21.3 Å². The van der Waals surface area contributed by atoms with Crippen molar-refractivity contribution in [1.82, 2.24) is 5.32 Å². The van der Waals surface area contributed by atoms with Gasteiger partial charge in [0.2, 0.25) is 0 Å². The summed E-state index contributed by atoms with van der Waals surface area (Å²) in [5.41, 5.74) is 3.67. The van der Waals surface area contributed by atoms with Gasteiger partial charge in [0.25, 0.3) is 0 Å². The lowest BCUT2D eigenvalue weighted by Crippen LogP contribution is -2.72. The molecule has 4 atom stereocenters. The molecule has 1 saturated heterocycles. The lowest BCUT2D eigenvalue weighted by Gasteiger charge is -2.64. The smallest absolute Gasteiger partial charge is 0.0690 e. The van der Waals surface area contributed by atoms with Crippen LogP contribution in [0.3, 0.4) is 0 Å². The Hall–Kier alpha value is -0.860. The molecule has 0 aromatic heterocycles. The van der Waals surface area contributed by atoms with Gasteiger partial charge in [-0.2, -0.15) is 0 Å². The number of nitrogens with one attached hydrogen (secondary N) is 1. The predicted molar refractivity (Wildman–Crippen MR) is 83.3 cm³/mol. The monoisotopic (exact) mass is 283 g/mol. The van der Waals surface area contributed by atoms with Crippen LogP contribution in [0.5, 0.6) is 0 Å². The van der Waals surface area contributed by atoms with Gasteiger partial charge in [-0.25, -0.2) is 0 Å². The highest BCUT2D eigenvalue weighted by Crippen LogP contribution is 2.63. The van der Waals surface area contributed by atoms with E-state index in [2.05, 4.69) is 29.6 Å². The molecule has 2 heteroatoms. The van der Waals surface area contributed by atoms with Gasteiger partial charge in [-0.3, -0.25) is 0 Å². The Bertz CT molecular complexity index is 550. The lowest BCUT2D eigenvalue weighted by molar-refractivity contribution is -0.178. The van der Waals surface area contributed by atoms with Gasteiger partial charge in [0.05, 0.1) is 6.10 Å². The van der Waals surface area contributed by atoms with Crippen molar-refractivity contribution in [3.63, 3.8) is 0 Å². The third kappa shape index (κ3) is 1.72. The Morgan fingerprint density at radius 1 is 1.10 bits per heavy atom. The van der Waals surface area contributed by atoms with Crippen LogP contribution in [0.2, 0.25) is 0 Å². The normalized spacial score (nSPS) is 39.2. The van der Waals surface area contributed by atoms with Gasteiger partial charge in [0.15, 0.2) is 0 Å². The van der Waals surface area contributed by atoms with E-state index >= 15 is 0 Å². The molecule has 1 heterocycles. The third-order valence-corrected chi connectivity index (χ3v) is 6.80. The predicted octanol–water partition coefficient (Wildman–Crippen LogP) is 3.09. The van der Waals surface area contributed by atoms with Crippen molar-refractivity contribution >= 4 is 0 Å². The lowest BCUT2D eigenvalue weighted by atomic mass is 9.46. The number of hydrogen-bond donors (Lipinski definition) is 1. The van der Waals surface area contributed by atoms with E-state index in [1.54, 1.807) is 11.1 Å². The maximum Gasteiger partial charge on any atom is 0.0690 e. The quantitative estimate of drug-likeness (QED) is 0.900. The summed E-state index contributed by atoms with van der Waals surface area (Å²) < 4.78 is 6.05. The van der Waals surface area contributed by atoms with Crippen LogP contribution in [-0.2, 0) is 17.6 Å². The first-order valence-corrected chi connectivity index (χ1v) is 8.81. The minimum Gasteiger partial charge on any atom is -0.377 e. The highest BCUT2D eigenvalue weighted by Gasteiger charge is 2.66. The SMILES string of the molecule is c1ccc2c(c1)CC[C@H](N[C@@H]1[C@H]3CCO[C@@H]3C13CCC3)C2. The Morgan fingerprint density at radius 2 is 1.95 bits per heavy atom. The average molecular weight is 283 g/mol. The third-order valence-electron chi connectivity index (χ3n) is 6.80. The Labute approximate surface area is 127 Å². The molecule has 1 N–H and O–H groups in total. The summed E-state index contributed by atoms with van der Waals surface area (Å²) in [6.45, 7) is 1.00. The van der Waals surface area contributed by atoms with E-state index in [0.29, 0.717) is 17.6 Å². The molecule has 3 aliphatic carbocycles. The van der Waals surface area contributed by atoms with Crippen molar-refractivity contribution in [3.05, 3.63) is 35.4 Å². The van der Waals surface area contributed by atoms with Gasteiger partial charge < -0.3 is 10.1 Å². The second-order valence-corrected chi connectivity index (χ2v) is 7.68. The fourth-order valence-electron chi connectivity index (χ4n) is 5.59. The molecule has 2 saturated carbocycles. The van der Waals surface area contributed by atoms with Gasteiger partial charge >= 0.3 is 0 Å². The first-order valence-electron chi connectivity index (χ1n) is 8.81. The maximum absolute atomic E-state index is 6.05. The molecule has 0 amide bonds. The summed E-state index contributed by atoms with van der Waals surface area (Å²) >= 11 is 0. The standard InChI is InChI=1S/C19H25NO/c1-2-5-14-12-15(7-6-13(14)4-1)20-17-16-8-11-21-18(16)19(17)9-3-10-19/h1-2,4-5,15-18,20H,3,6-12H2/t15-,16+,17+,18-/m0/s1. The second-order valence-electron chi connectivity index (χ2n) is 7.68. The van der Waals surface area contributed by atoms with Crippen molar-refractivity contribution in [2.75, 3.05) is 6.61 Å². The van der Waals surface area contributed by atoms with E-state index in [1.165, 1.54) is 44.9 Å². The van der Waals surface area contributed by atoms with Crippen molar-refractivity contribution < 1.29 is 4.74 Å². The van der Waals surface area contributed by atoms with Crippen molar-refractivity contribution in [3.8, 4) is 0 Å². The first kappa shape index (κ1) is 12.7. The van der Waals surface area contributed by atoms with E-state index in [4.69, 9.17) is 4.74 Å². The molecule has 0 bridgehead atoms. The van der Waals surface area contributed by atoms with E-state index in [-0.39, 0.29) is 0 Å². The largest absolute Gasteiger partial charge is 0.377 e. The van der Waals surface area contributed by atoms with Crippen LogP contribution in [0.4, 0.5) is 0 Å². The Morgan fingerprint density at radius 3 is 2.76 bits per heavy atom. The highest BCUT2D eigenvalue weighted by atomic mass is 16.5. The van der Waals surface area contributed by atoms with E-state index in [1.807, 2.05) is 0 Å². The van der Waals surface area contributed by atoms with Crippen molar-refractivity contribution in [1.29, 1.82) is 0 Å². The highest BCUT2D eigenvalue weighted by molar-refractivity contribution is 5.31. The summed E-state index contributed by atoms with van der Waals surface area (Å²) in [5, 5.41) is 4.08. The molecule has 4 aliphatic rings. The summed E-state index contributed by atoms with van der Waals surface area (Å²) in [4.78, 5) is 0. The summed E-state index contributed by atoms with van der Waals surface area (Å²) in [5.74, 6) is 0.808. The molecule has 2 nitrogen and oxygen atoms in total. The van der Waals surface area contributed by atoms with Gasteiger partial charge in [0.1, 0.15) is 0 Å². The number of rotatable bonds is 2. The van der Waals surface area contributed by atoms with Crippen LogP contribution in [0, 0.1) is 11.3 Å². The summed E-state index contributed by atoms with van der Waals surface area (Å²) in [7, 11) is 0. The minimum atomic E-state index is 0.526. The molecule has 1 aromatic rings. The maximum atomic E-state index is 6.05. The molecular formula is C19H25NO. The molecule has 0 radical (unpaired) electrons.